The molecule has 0 saturated carbocycles. The maximum Gasteiger partial charge on any atom is 0.263 e. The molecule has 0 radical (unpaired) electrons. The molecule has 4 heteroatoms. The van der Waals surface area contributed by atoms with Crippen LogP contribution in [0.3, 0.4) is 0 Å². The van der Waals surface area contributed by atoms with Crippen LogP contribution in [-0.4, -0.2) is 22.8 Å². The van der Waals surface area contributed by atoms with Gasteiger partial charge in [-0.2, -0.15) is 0 Å². The zero-order valence-corrected chi connectivity index (χ0v) is 11.7. The fraction of sp³-hybridized carbons (Fsp3) is 0.176. The zero-order chi connectivity index (χ0) is 15.0. The van der Waals surface area contributed by atoms with Crippen LogP contribution in [0, 0.1) is 0 Å². The van der Waals surface area contributed by atoms with Gasteiger partial charge in [0.2, 0.25) is 0 Å². The summed E-state index contributed by atoms with van der Waals surface area (Å²) in [5, 5.41) is 0. The molecule has 0 saturated heterocycles. The highest BCUT2D eigenvalue weighted by Crippen LogP contribution is 2.29. The van der Waals surface area contributed by atoms with E-state index in [9.17, 15) is 9.59 Å². The van der Waals surface area contributed by atoms with E-state index in [1.165, 1.54) is 4.90 Å². The second-order valence-electron chi connectivity index (χ2n) is 5.29. The van der Waals surface area contributed by atoms with E-state index in [1.54, 1.807) is 18.2 Å². The van der Waals surface area contributed by atoms with Crippen molar-refractivity contribution in [2.45, 2.75) is 19.4 Å². The lowest BCUT2D eigenvalue weighted by Crippen LogP contribution is -2.39. The molecule has 21 heavy (non-hydrogen) atoms. The van der Waals surface area contributed by atoms with Crippen molar-refractivity contribution in [3.05, 3.63) is 65.2 Å². The van der Waals surface area contributed by atoms with Gasteiger partial charge in [0.1, 0.15) is 0 Å². The van der Waals surface area contributed by atoms with Crippen molar-refractivity contribution in [1.82, 2.24) is 4.90 Å². The highest BCUT2D eigenvalue weighted by Gasteiger charge is 2.39. The first kappa shape index (κ1) is 13.4. The predicted molar refractivity (Wildman–Crippen MR) is 81.0 cm³/mol. The fourth-order valence-corrected chi connectivity index (χ4v) is 2.78. The number of hydrogen-bond acceptors (Lipinski definition) is 3. The van der Waals surface area contributed by atoms with Gasteiger partial charge in [-0.25, -0.2) is 0 Å². The van der Waals surface area contributed by atoms with E-state index in [2.05, 4.69) is 0 Å². The normalized spacial score (nSPS) is 15.2. The lowest BCUT2D eigenvalue weighted by atomic mass is 10.1. The minimum absolute atomic E-state index is 0.209. The van der Waals surface area contributed by atoms with Gasteiger partial charge >= 0.3 is 0 Å². The summed E-state index contributed by atoms with van der Waals surface area (Å²) in [7, 11) is 0. The standard InChI is InChI=1S/C17H16N2O2/c1-11(10-12-6-3-2-4-7-12)19-16(20)13-8-5-9-14(18)15(13)17(19)21/h2-9,11H,10,18H2,1H3. The number of rotatable bonds is 3. The Hall–Kier alpha value is -2.62. The van der Waals surface area contributed by atoms with Crippen LogP contribution >= 0.6 is 0 Å². The van der Waals surface area contributed by atoms with Crippen LogP contribution in [0.25, 0.3) is 0 Å². The van der Waals surface area contributed by atoms with Crippen molar-refractivity contribution in [3.8, 4) is 0 Å². The number of nitrogens with two attached hydrogens (primary N) is 1. The molecule has 2 amide bonds. The van der Waals surface area contributed by atoms with E-state index in [0.29, 0.717) is 23.2 Å². The van der Waals surface area contributed by atoms with E-state index in [4.69, 9.17) is 5.73 Å². The molecule has 1 aliphatic rings. The summed E-state index contributed by atoms with van der Waals surface area (Å²) in [5.41, 5.74) is 8.03. The van der Waals surface area contributed by atoms with Crippen LogP contribution in [0.4, 0.5) is 5.69 Å². The third-order valence-corrected chi connectivity index (χ3v) is 3.79. The first-order valence-corrected chi connectivity index (χ1v) is 6.90. The van der Waals surface area contributed by atoms with Gasteiger partial charge in [-0.05, 0) is 31.0 Å². The van der Waals surface area contributed by atoms with Crippen LogP contribution in [0.1, 0.15) is 33.2 Å². The Balaban J connectivity index is 1.89. The van der Waals surface area contributed by atoms with Crippen molar-refractivity contribution in [2.75, 3.05) is 5.73 Å². The van der Waals surface area contributed by atoms with Gasteiger partial charge in [0.05, 0.1) is 11.1 Å². The van der Waals surface area contributed by atoms with Crippen LogP contribution in [0.2, 0.25) is 0 Å². The zero-order valence-electron chi connectivity index (χ0n) is 11.7. The van der Waals surface area contributed by atoms with Crippen molar-refractivity contribution >= 4 is 17.5 Å². The van der Waals surface area contributed by atoms with Crippen LogP contribution in [0.15, 0.2) is 48.5 Å². The molecular formula is C17H16N2O2. The minimum Gasteiger partial charge on any atom is -0.398 e. The van der Waals surface area contributed by atoms with Crippen molar-refractivity contribution in [2.24, 2.45) is 0 Å². The molecule has 2 aromatic carbocycles. The average molecular weight is 280 g/mol. The number of carbonyl (C=O) groups excluding carboxylic acids is 2. The third-order valence-electron chi connectivity index (χ3n) is 3.79. The van der Waals surface area contributed by atoms with Crippen molar-refractivity contribution in [3.63, 3.8) is 0 Å². The Morgan fingerprint density at radius 1 is 1.00 bits per heavy atom. The molecule has 4 nitrogen and oxygen atoms in total. The van der Waals surface area contributed by atoms with E-state index >= 15 is 0 Å². The summed E-state index contributed by atoms with van der Waals surface area (Å²) in [6.07, 6.45) is 0.631. The summed E-state index contributed by atoms with van der Waals surface area (Å²) >= 11 is 0. The maximum absolute atomic E-state index is 12.5. The quantitative estimate of drug-likeness (QED) is 0.694. The Morgan fingerprint density at radius 2 is 1.71 bits per heavy atom. The molecule has 2 N–H and O–H groups in total. The Morgan fingerprint density at radius 3 is 2.38 bits per heavy atom. The van der Waals surface area contributed by atoms with Gasteiger partial charge in [-0.3, -0.25) is 14.5 Å². The topological polar surface area (TPSA) is 63.4 Å². The highest BCUT2D eigenvalue weighted by molar-refractivity contribution is 6.23. The molecule has 0 fully saturated rings. The number of carbonyl (C=O) groups is 2. The van der Waals surface area contributed by atoms with E-state index < -0.39 is 0 Å². The SMILES string of the molecule is CC(Cc1ccccc1)N1C(=O)c2cccc(N)c2C1=O. The second kappa shape index (κ2) is 5.05. The maximum atomic E-state index is 12.5. The second-order valence-corrected chi connectivity index (χ2v) is 5.29. The lowest BCUT2D eigenvalue weighted by Gasteiger charge is -2.22. The van der Waals surface area contributed by atoms with Crippen molar-refractivity contribution < 1.29 is 9.59 Å². The fourth-order valence-electron chi connectivity index (χ4n) is 2.78. The molecule has 1 heterocycles. The largest absolute Gasteiger partial charge is 0.398 e. The van der Waals surface area contributed by atoms with E-state index in [0.717, 1.165) is 5.56 Å². The summed E-state index contributed by atoms with van der Waals surface area (Å²) in [4.78, 5) is 26.2. The summed E-state index contributed by atoms with van der Waals surface area (Å²) in [6.45, 7) is 1.88. The van der Waals surface area contributed by atoms with Crippen LogP contribution in [0.5, 0.6) is 0 Å². The number of hydrogen-bond donors (Lipinski definition) is 1. The number of nitrogens with zero attached hydrogens (tertiary/aromatic N) is 1. The Bertz CT molecular complexity index is 710. The summed E-state index contributed by atoms with van der Waals surface area (Å²) in [6, 6.07) is 14.6. The van der Waals surface area contributed by atoms with Gasteiger partial charge in [-0.15, -0.1) is 0 Å². The van der Waals surface area contributed by atoms with Crippen LogP contribution < -0.4 is 5.73 Å². The van der Waals surface area contributed by atoms with Gasteiger partial charge < -0.3 is 5.73 Å². The summed E-state index contributed by atoms with van der Waals surface area (Å²) < 4.78 is 0. The van der Waals surface area contributed by atoms with E-state index in [-0.39, 0.29) is 17.9 Å². The smallest absolute Gasteiger partial charge is 0.263 e. The number of benzene rings is 2. The average Bonchev–Trinajstić information content (AvgIpc) is 2.73. The predicted octanol–water partition coefficient (Wildman–Crippen LogP) is 2.50. The molecule has 2 aromatic rings. The number of fused-ring (bicyclic) bond motifs is 1. The number of nitrogen functional groups attached to an aromatic ring is 1. The third kappa shape index (κ3) is 2.18. The lowest BCUT2D eigenvalue weighted by molar-refractivity contribution is 0.0597. The van der Waals surface area contributed by atoms with E-state index in [1.807, 2.05) is 37.3 Å². The Labute approximate surface area is 123 Å². The molecule has 0 aromatic heterocycles. The van der Waals surface area contributed by atoms with Crippen molar-refractivity contribution in [1.29, 1.82) is 0 Å². The minimum atomic E-state index is -0.295. The molecule has 3 rings (SSSR count). The molecule has 106 valence electrons. The monoisotopic (exact) mass is 280 g/mol. The first-order chi connectivity index (χ1) is 10.1. The van der Waals surface area contributed by atoms with Gasteiger partial charge in [0.25, 0.3) is 11.8 Å². The Kier molecular flexibility index (Phi) is 3.22. The molecular weight excluding hydrogens is 264 g/mol. The molecule has 0 aliphatic carbocycles. The highest BCUT2D eigenvalue weighted by atomic mass is 16.2. The molecule has 1 unspecified atom stereocenters. The summed E-state index contributed by atoms with van der Waals surface area (Å²) in [5.74, 6) is -0.553. The molecule has 1 aliphatic heterocycles. The van der Waals surface area contributed by atoms with Gasteiger partial charge in [-0.1, -0.05) is 36.4 Å². The molecule has 1 atom stereocenters. The van der Waals surface area contributed by atoms with Crippen LogP contribution in [-0.2, 0) is 6.42 Å². The number of imide groups is 1. The first-order valence-electron chi connectivity index (χ1n) is 6.90. The molecule has 0 bridgehead atoms. The number of amides is 2. The van der Waals surface area contributed by atoms with Gasteiger partial charge in [0, 0.05) is 11.7 Å². The number of anilines is 1. The van der Waals surface area contributed by atoms with Gasteiger partial charge in [0.15, 0.2) is 0 Å². The molecule has 0 spiro atoms.